The molecule has 0 aliphatic rings. The van der Waals surface area contributed by atoms with Gasteiger partial charge in [-0.05, 0) is 56.2 Å². The fourth-order valence-corrected chi connectivity index (χ4v) is 2.85. The minimum absolute atomic E-state index is 0.0367. The van der Waals surface area contributed by atoms with Crippen molar-refractivity contribution >= 4 is 34.8 Å². The number of rotatable bonds is 8. The summed E-state index contributed by atoms with van der Waals surface area (Å²) in [4.78, 5) is 35.7. The minimum Gasteiger partial charge on any atom is -0.491 e. The van der Waals surface area contributed by atoms with Crippen LogP contribution in [-0.4, -0.2) is 28.9 Å². The van der Waals surface area contributed by atoms with Gasteiger partial charge in [-0.2, -0.15) is 0 Å². The van der Waals surface area contributed by atoms with E-state index in [1.807, 2.05) is 13.8 Å². The molecule has 160 valence electrons. The summed E-state index contributed by atoms with van der Waals surface area (Å²) in [6.07, 6.45) is 0.0367. The molecule has 0 saturated carbocycles. The van der Waals surface area contributed by atoms with E-state index in [0.717, 1.165) is 6.07 Å². The van der Waals surface area contributed by atoms with E-state index < -0.39 is 22.8 Å². The molecule has 1 unspecified atom stereocenters. The average Bonchev–Trinajstić information content (AvgIpc) is 2.66. The Morgan fingerprint density at radius 3 is 2.23 bits per heavy atom. The maximum Gasteiger partial charge on any atom is 0.288 e. The first kappa shape index (κ1) is 23.2. The van der Waals surface area contributed by atoms with Crippen LogP contribution < -0.4 is 15.4 Å². The van der Waals surface area contributed by atoms with Crippen molar-refractivity contribution < 1.29 is 19.2 Å². The topological polar surface area (TPSA) is 111 Å². The molecule has 2 N–H and O–H groups in total. The lowest BCUT2D eigenvalue weighted by Gasteiger charge is -2.22. The number of carbonyl (C=O) groups excluding carboxylic acids is 2. The van der Waals surface area contributed by atoms with Crippen LogP contribution in [0.15, 0.2) is 42.5 Å². The lowest BCUT2D eigenvalue weighted by Crippen LogP contribution is -2.47. The monoisotopic (exact) mass is 433 g/mol. The molecular formula is C21H24ClN3O5. The Bertz CT molecular complexity index is 929. The van der Waals surface area contributed by atoms with E-state index in [1.165, 1.54) is 12.1 Å². The molecule has 2 aromatic rings. The number of hydrogen-bond acceptors (Lipinski definition) is 5. The summed E-state index contributed by atoms with van der Waals surface area (Å²) in [5.74, 6) is -0.551. The van der Waals surface area contributed by atoms with Crippen LogP contribution in [0, 0.1) is 16.0 Å². The Kier molecular flexibility index (Phi) is 7.77. The summed E-state index contributed by atoms with van der Waals surface area (Å²) in [7, 11) is 0. The lowest BCUT2D eigenvalue weighted by atomic mass is 10.0. The molecule has 0 spiro atoms. The molecule has 2 amide bonds. The third-order valence-corrected chi connectivity index (χ3v) is 4.45. The second-order valence-electron chi connectivity index (χ2n) is 7.30. The van der Waals surface area contributed by atoms with Gasteiger partial charge in [-0.25, -0.2) is 0 Å². The average molecular weight is 434 g/mol. The Labute approximate surface area is 179 Å². The Hall–Kier alpha value is -3.13. The molecule has 0 aliphatic carbocycles. The number of ether oxygens (including phenoxy) is 1. The van der Waals surface area contributed by atoms with Crippen LogP contribution in [0.5, 0.6) is 5.75 Å². The molecule has 0 fully saturated rings. The van der Waals surface area contributed by atoms with Crippen molar-refractivity contribution in [3.05, 3.63) is 63.2 Å². The number of hydrogen-bond donors (Lipinski definition) is 2. The summed E-state index contributed by atoms with van der Waals surface area (Å²) >= 11 is 5.79. The van der Waals surface area contributed by atoms with E-state index in [0.29, 0.717) is 11.4 Å². The first-order valence-corrected chi connectivity index (χ1v) is 9.78. The van der Waals surface area contributed by atoms with Gasteiger partial charge < -0.3 is 15.4 Å². The molecule has 0 bridgehead atoms. The fourth-order valence-electron chi connectivity index (χ4n) is 2.66. The van der Waals surface area contributed by atoms with E-state index in [4.69, 9.17) is 16.3 Å². The highest BCUT2D eigenvalue weighted by Gasteiger charge is 2.26. The predicted octanol–water partition coefficient (Wildman–Crippen LogP) is 4.43. The minimum atomic E-state index is -0.848. The van der Waals surface area contributed by atoms with Gasteiger partial charge in [-0.15, -0.1) is 0 Å². The van der Waals surface area contributed by atoms with Gasteiger partial charge in [0.15, 0.2) is 0 Å². The molecule has 9 heteroatoms. The smallest absolute Gasteiger partial charge is 0.288 e. The van der Waals surface area contributed by atoms with Crippen LogP contribution >= 0.6 is 11.6 Å². The molecule has 0 radical (unpaired) electrons. The number of nitro benzene ring substituents is 1. The number of anilines is 1. The first-order chi connectivity index (χ1) is 14.1. The number of benzene rings is 2. The van der Waals surface area contributed by atoms with Crippen molar-refractivity contribution in [3.63, 3.8) is 0 Å². The van der Waals surface area contributed by atoms with Crippen molar-refractivity contribution in [1.29, 1.82) is 0 Å². The van der Waals surface area contributed by atoms with Gasteiger partial charge in [0, 0.05) is 17.3 Å². The van der Waals surface area contributed by atoms with E-state index >= 15 is 0 Å². The fraction of sp³-hybridized carbons (Fsp3) is 0.333. The normalized spacial score (nSPS) is 11.8. The van der Waals surface area contributed by atoms with Crippen molar-refractivity contribution in [2.75, 3.05) is 5.32 Å². The van der Waals surface area contributed by atoms with Crippen LogP contribution in [0.2, 0.25) is 5.02 Å². The van der Waals surface area contributed by atoms with Gasteiger partial charge in [-0.1, -0.05) is 25.4 Å². The third kappa shape index (κ3) is 6.18. The van der Waals surface area contributed by atoms with Gasteiger partial charge in [0.1, 0.15) is 16.8 Å². The number of carbonyl (C=O) groups is 2. The van der Waals surface area contributed by atoms with Crippen molar-refractivity contribution in [2.45, 2.75) is 39.8 Å². The van der Waals surface area contributed by atoms with Crippen LogP contribution in [0.4, 0.5) is 11.4 Å². The standard InChI is InChI=1S/C21H24ClN3O5/c1-12(2)19(21(27)23-15-6-8-16(9-7-15)30-13(3)4)24-20(26)14-5-10-17(22)18(11-14)25(28)29/h5-13,19H,1-4H3,(H,23,27)(H,24,26). The lowest BCUT2D eigenvalue weighted by molar-refractivity contribution is -0.384. The summed E-state index contributed by atoms with van der Waals surface area (Å²) in [5.41, 5.74) is 0.219. The van der Waals surface area contributed by atoms with E-state index in [1.54, 1.807) is 38.1 Å². The molecule has 0 saturated heterocycles. The second-order valence-corrected chi connectivity index (χ2v) is 7.71. The number of nitro groups is 1. The molecule has 0 aliphatic heterocycles. The van der Waals surface area contributed by atoms with E-state index in [2.05, 4.69) is 10.6 Å². The van der Waals surface area contributed by atoms with E-state index in [9.17, 15) is 19.7 Å². The molecule has 0 aromatic heterocycles. The van der Waals surface area contributed by atoms with Crippen LogP contribution in [0.25, 0.3) is 0 Å². The summed E-state index contributed by atoms with van der Waals surface area (Å²) in [5, 5.41) is 16.4. The summed E-state index contributed by atoms with van der Waals surface area (Å²) in [6, 6.07) is 9.78. The van der Waals surface area contributed by atoms with Crippen LogP contribution in [0.3, 0.4) is 0 Å². The van der Waals surface area contributed by atoms with Crippen molar-refractivity contribution in [1.82, 2.24) is 5.32 Å². The zero-order valence-corrected chi connectivity index (χ0v) is 17.9. The zero-order chi connectivity index (χ0) is 22.4. The highest BCUT2D eigenvalue weighted by atomic mass is 35.5. The third-order valence-electron chi connectivity index (χ3n) is 4.13. The maximum atomic E-state index is 12.7. The number of nitrogens with zero attached hydrogens (tertiary/aromatic N) is 1. The van der Waals surface area contributed by atoms with Crippen molar-refractivity contribution in [2.24, 2.45) is 5.92 Å². The molecule has 1 atom stereocenters. The largest absolute Gasteiger partial charge is 0.491 e. The SMILES string of the molecule is CC(C)Oc1ccc(NC(=O)C(NC(=O)c2ccc(Cl)c([N+](=O)[O-])c2)C(C)C)cc1. The van der Waals surface area contributed by atoms with Gasteiger partial charge in [0.2, 0.25) is 5.91 Å². The number of halogens is 1. The summed E-state index contributed by atoms with van der Waals surface area (Å²) < 4.78 is 5.57. The van der Waals surface area contributed by atoms with Gasteiger partial charge >= 0.3 is 0 Å². The molecule has 2 aromatic carbocycles. The Balaban J connectivity index is 2.11. The maximum absolute atomic E-state index is 12.7. The molecule has 0 heterocycles. The first-order valence-electron chi connectivity index (χ1n) is 9.41. The van der Waals surface area contributed by atoms with Crippen LogP contribution in [-0.2, 0) is 4.79 Å². The highest BCUT2D eigenvalue weighted by molar-refractivity contribution is 6.32. The van der Waals surface area contributed by atoms with Gasteiger partial charge in [-0.3, -0.25) is 19.7 Å². The summed E-state index contributed by atoms with van der Waals surface area (Å²) in [6.45, 7) is 7.41. The number of amides is 2. The number of nitrogens with one attached hydrogen (secondary N) is 2. The molecule has 8 nitrogen and oxygen atoms in total. The quantitative estimate of drug-likeness (QED) is 0.472. The molecule has 2 rings (SSSR count). The van der Waals surface area contributed by atoms with E-state index in [-0.39, 0.29) is 28.3 Å². The van der Waals surface area contributed by atoms with Crippen LogP contribution in [0.1, 0.15) is 38.1 Å². The predicted molar refractivity (Wildman–Crippen MR) is 115 cm³/mol. The Morgan fingerprint density at radius 1 is 1.07 bits per heavy atom. The van der Waals surface area contributed by atoms with Gasteiger partial charge in [0.25, 0.3) is 11.6 Å². The highest BCUT2D eigenvalue weighted by Crippen LogP contribution is 2.25. The Morgan fingerprint density at radius 2 is 1.70 bits per heavy atom. The van der Waals surface area contributed by atoms with Gasteiger partial charge in [0.05, 0.1) is 11.0 Å². The van der Waals surface area contributed by atoms with Crippen molar-refractivity contribution in [3.8, 4) is 5.75 Å². The zero-order valence-electron chi connectivity index (χ0n) is 17.1. The second kappa shape index (κ2) is 10.1. The molecule has 30 heavy (non-hydrogen) atoms. The molecular weight excluding hydrogens is 410 g/mol.